The number of hydrogen-bond acceptors (Lipinski definition) is 4. The summed E-state index contributed by atoms with van der Waals surface area (Å²) in [5.41, 5.74) is 8.29. The van der Waals surface area contributed by atoms with Gasteiger partial charge in [-0.15, -0.1) is 12.4 Å². The molecule has 1 aliphatic heterocycles. The van der Waals surface area contributed by atoms with E-state index in [4.69, 9.17) is 10.5 Å². The number of thioether (sulfide) groups is 1. The van der Waals surface area contributed by atoms with Crippen molar-refractivity contribution < 1.29 is 9.53 Å². The Morgan fingerprint density at radius 2 is 1.92 bits per heavy atom. The highest BCUT2D eigenvalue weighted by Gasteiger charge is 2.26. The van der Waals surface area contributed by atoms with Crippen molar-refractivity contribution >= 4 is 35.8 Å². The molecule has 1 unspecified atom stereocenters. The van der Waals surface area contributed by atoms with E-state index >= 15 is 0 Å². The fourth-order valence-corrected chi connectivity index (χ4v) is 4.97. The van der Waals surface area contributed by atoms with Crippen LogP contribution in [0.15, 0.2) is 24.3 Å². The first-order chi connectivity index (χ1) is 12.2. The Morgan fingerprint density at radius 1 is 1.19 bits per heavy atom. The zero-order chi connectivity index (χ0) is 17.5. The molecule has 0 radical (unpaired) electrons. The van der Waals surface area contributed by atoms with Crippen LogP contribution in [-0.2, 0) is 15.3 Å². The van der Waals surface area contributed by atoms with Crippen LogP contribution < -0.4 is 11.1 Å². The molecule has 2 fully saturated rings. The molecule has 1 aliphatic carbocycles. The topological polar surface area (TPSA) is 64.4 Å². The number of anilines is 1. The fourth-order valence-electron chi connectivity index (χ4n) is 3.70. The molecule has 0 bridgehead atoms. The van der Waals surface area contributed by atoms with Crippen LogP contribution in [-0.4, -0.2) is 30.4 Å². The second-order valence-electron chi connectivity index (χ2n) is 7.24. The number of nitrogens with two attached hydrogens (primary N) is 1. The van der Waals surface area contributed by atoms with E-state index in [1.807, 2.05) is 12.1 Å². The van der Waals surface area contributed by atoms with Crippen molar-refractivity contribution in [1.82, 2.24) is 0 Å². The Morgan fingerprint density at radius 3 is 2.65 bits per heavy atom. The molecule has 146 valence electrons. The first-order valence-electron chi connectivity index (χ1n) is 9.57. The number of ether oxygens (including phenoxy) is 1. The average molecular weight is 399 g/mol. The molecule has 1 saturated heterocycles. The summed E-state index contributed by atoms with van der Waals surface area (Å²) in [7, 11) is 0. The Kier molecular flexibility index (Phi) is 9.26. The lowest BCUT2D eigenvalue weighted by atomic mass is 9.92. The van der Waals surface area contributed by atoms with E-state index in [1.54, 1.807) is 0 Å². The van der Waals surface area contributed by atoms with Gasteiger partial charge in [0.05, 0.1) is 6.04 Å². The number of carbonyl (C=O) groups is 1. The van der Waals surface area contributed by atoms with E-state index in [-0.39, 0.29) is 24.2 Å². The summed E-state index contributed by atoms with van der Waals surface area (Å²) >= 11 is 2.06. The number of nitrogens with one attached hydrogen (secondary N) is 1. The molecule has 1 atom stereocenters. The molecule has 26 heavy (non-hydrogen) atoms. The van der Waals surface area contributed by atoms with Crippen molar-refractivity contribution in [1.29, 1.82) is 0 Å². The molecule has 1 amide bonds. The maximum Gasteiger partial charge on any atom is 0.241 e. The normalized spacial score (nSPS) is 20.2. The third-order valence-corrected chi connectivity index (χ3v) is 6.75. The molecule has 0 spiro atoms. The van der Waals surface area contributed by atoms with Gasteiger partial charge in [0.2, 0.25) is 5.91 Å². The Labute approximate surface area is 167 Å². The first kappa shape index (κ1) is 21.5. The minimum absolute atomic E-state index is 0. The number of rotatable bonds is 6. The summed E-state index contributed by atoms with van der Waals surface area (Å²) in [5.74, 6) is 1.16. The molecule has 1 heterocycles. The van der Waals surface area contributed by atoms with E-state index < -0.39 is 6.04 Å². The van der Waals surface area contributed by atoms with Gasteiger partial charge in [-0.1, -0.05) is 31.4 Å². The van der Waals surface area contributed by atoms with Gasteiger partial charge in [-0.2, -0.15) is 11.8 Å². The third-order valence-electron chi connectivity index (χ3n) is 5.31. The maximum atomic E-state index is 12.4. The van der Waals surface area contributed by atoms with Gasteiger partial charge in [0.15, 0.2) is 0 Å². The van der Waals surface area contributed by atoms with Gasteiger partial charge in [0, 0.05) is 29.9 Å². The lowest BCUT2D eigenvalue weighted by molar-refractivity contribution is -0.119. The highest BCUT2D eigenvalue weighted by Crippen LogP contribution is 2.31. The van der Waals surface area contributed by atoms with Crippen LogP contribution >= 0.6 is 24.2 Å². The second kappa shape index (κ2) is 11.2. The molecule has 0 aromatic heterocycles. The fraction of sp³-hybridized carbons (Fsp3) is 0.650. The standard InChI is InChI=1S/C20H30N2O2S.ClH/c21-19(16-9-11-24-12-10-16)20(23)22-17-6-4-5-15(13-17)14-25-18-7-2-1-3-8-18;/h4-6,13,16,18-19H,1-3,7-12,14,21H2,(H,22,23);1H. The monoisotopic (exact) mass is 398 g/mol. The van der Waals surface area contributed by atoms with Gasteiger partial charge in [0.25, 0.3) is 0 Å². The largest absolute Gasteiger partial charge is 0.381 e. The molecule has 1 aromatic rings. The second-order valence-corrected chi connectivity index (χ2v) is 8.52. The zero-order valence-electron chi connectivity index (χ0n) is 15.3. The maximum absolute atomic E-state index is 12.4. The summed E-state index contributed by atoms with van der Waals surface area (Å²) in [6, 6.07) is 7.74. The summed E-state index contributed by atoms with van der Waals surface area (Å²) in [6.45, 7) is 1.42. The van der Waals surface area contributed by atoms with E-state index in [1.165, 1.54) is 37.7 Å². The number of amides is 1. The van der Waals surface area contributed by atoms with Crippen LogP contribution in [0.4, 0.5) is 5.69 Å². The van der Waals surface area contributed by atoms with Crippen molar-refractivity contribution in [3.05, 3.63) is 29.8 Å². The minimum atomic E-state index is -0.454. The third kappa shape index (κ3) is 6.45. The molecule has 3 rings (SSSR count). The predicted molar refractivity (Wildman–Crippen MR) is 112 cm³/mol. The van der Waals surface area contributed by atoms with Crippen LogP contribution in [0.25, 0.3) is 0 Å². The number of carbonyl (C=O) groups excluding carboxylic acids is 1. The molecule has 3 N–H and O–H groups in total. The highest BCUT2D eigenvalue weighted by atomic mass is 35.5. The average Bonchev–Trinajstić information content (AvgIpc) is 2.67. The van der Waals surface area contributed by atoms with E-state index in [2.05, 4.69) is 29.2 Å². The Hall–Kier alpha value is -0.750. The van der Waals surface area contributed by atoms with E-state index in [0.29, 0.717) is 13.2 Å². The molecule has 2 aliphatic rings. The molecular weight excluding hydrogens is 368 g/mol. The van der Waals surface area contributed by atoms with Crippen LogP contribution in [0.3, 0.4) is 0 Å². The van der Waals surface area contributed by atoms with Crippen LogP contribution in [0, 0.1) is 5.92 Å². The van der Waals surface area contributed by atoms with Gasteiger partial charge in [0.1, 0.15) is 0 Å². The van der Waals surface area contributed by atoms with Crippen LogP contribution in [0.2, 0.25) is 0 Å². The quantitative estimate of drug-likeness (QED) is 0.746. The van der Waals surface area contributed by atoms with Crippen molar-refractivity contribution in [3.8, 4) is 0 Å². The summed E-state index contributed by atoms with van der Waals surface area (Å²) < 4.78 is 5.35. The van der Waals surface area contributed by atoms with Crippen molar-refractivity contribution in [2.45, 2.75) is 62.0 Å². The zero-order valence-corrected chi connectivity index (χ0v) is 17.0. The van der Waals surface area contributed by atoms with Crippen molar-refractivity contribution in [3.63, 3.8) is 0 Å². The summed E-state index contributed by atoms with van der Waals surface area (Å²) in [5, 5.41) is 3.80. The van der Waals surface area contributed by atoms with E-state index in [0.717, 1.165) is 29.5 Å². The van der Waals surface area contributed by atoms with Crippen LogP contribution in [0.1, 0.15) is 50.5 Å². The molecule has 1 aromatic carbocycles. The van der Waals surface area contributed by atoms with Crippen molar-refractivity contribution in [2.75, 3.05) is 18.5 Å². The van der Waals surface area contributed by atoms with Gasteiger partial charge in [-0.25, -0.2) is 0 Å². The highest BCUT2D eigenvalue weighted by molar-refractivity contribution is 7.99. The van der Waals surface area contributed by atoms with Crippen LogP contribution in [0.5, 0.6) is 0 Å². The lowest BCUT2D eigenvalue weighted by Crippen LogP contribution is -2.44. The first-order valence-corrected chi connectivity index (χ1v) is 10.6. The van der Waals surface area contributed by atoms with E-state index in [9.17, 15) is 4.79 Å². The SMILES string of the molecule is Cl.NC(C(=O)Nc1cccc(CSC2CCCCC2)c1)C1CCOCC1. The molecule has 1 saturated carbocycles. The number of hydrogen-bond donors (Lipinski definition) is 2. The Bertz CT molecular complexity index is 560. The Balaban J connectivity index is 0.00000243. The lowest BCUT2D eigenvalue weighted by Gasteiger charge is -2.26. The minimum Gasteiger partial charge on any atom is -0.381 e. The molecule has 4 nitrogen and oxygen atoms in total. The number of halogens is 1. The summed E-state index contributed by atoms with van der Waals surface area (Å²) in [4.78, 5) is 12.4. The summed E-state index contributed by atoms with van der Waals surface area (Å²) in [6.07, 6.45) is 8.57. The molecule has 6 heteroatoms. The van der Waals surface area contributed by atoms with Gasteiger partial charge < -0.3 is 15.8 Å². The van der Waals surface area contributed by atoms with Gasteiger partial charge in [-0.3, -0.25) is 4.79 Å². The number of benzene rings is 1. The predicted octanol–water partition coefficient (Wildman–Crippen LogP) is 4.37. The molecular formula is C20H31ClN2O2S. The van der Waals surface area contributed by atoms with Crippen molar-refractivity contribution in [2.24, 2.45) is 11.7 Å². The smallest absolute Gasteiger partial charge is 0.241 e. The van der Waals surface area contributed by atoms with Gasteiger partial charge >= 0.3 is 0 Å². The van der Waals surface area contributed by atoms with Gasteiger partial charge in [-0.05, 0) is 49.3 Å².